The third-order valence-electron chi connectivity index (χ3n) is 3.18. The van der Waals surface area contributed by atoms with E-state index in [0.29, 0.717) is 6.04 Å². The Morgan fingerprint density at radius 2 is 1.93 bits per heavy atom. The van der Waals surface area contributed by atoms with Gasteiger partial charge in [0.05, 0.1) is 0 Å². The van der Waals surface area contributed by atoms with Gasteiger partial charge in [-0.3, -0.25) is 0 Å². The molecule has 84 valence electrons. The van der Waals surface area contributed by atoms with E-state index in [1.54, 1.807) is 0 Å². The Morgan fingerprint density at radius 3 is 2.50 bits per heavy atom. The topological polar surface area (TPSA) is 21.3 Å². The highest BCUT2D eigenvalue weighted by molar-refractivity contribution is 6.55. The predicted molar refractivity (Wildman–Crippen MR) is 67.7 cm³/mol. The third-order valence-corrected chi connectivity index (χ3v) is 7.32. The minimum Gasteiger partial charge on any atom is -0.452 e. The standard InChI is InChI=1S/C10H25NOSi2/c1-9(11-13-12-14(2)3)10-7-5-4-6-8-10/h9-11,14H,4-8,13H2,1-3H3. The molecule has 0 bridgehead atoms. The Bertz CT molecular complexity index is 149. The first kappa shape index (κ1) is 12.4. The van der Waals surface area contributed by atoms with E-state index < -0.39 is 19.0 Å². The molecule has 0 aromatic heterocycles. The first-order chi connectivity index (χ1) is 6.70. The number of nitrogens with one attached hydrogen (secondary N) is 1. The molecule has 1 atom stereocenters. The Hall–Kier alpha value is 0.354. The minimum absolute atomic E-state index is 0.417. The average molecular weight is 231 g/mol. The van der Waals surface area contributed by atoms with Crippen molar-refractivity contribution >= 4 is 19.0 Å². The van der Waals surface area contributed by atoms with Gasteiger partial charge in [0.15, 0.2) is 9.04 Å². The summed E-state index contributed by atoms with van der Waals surface area (Å²) in [5, 5.41) is 0. The molecule has 1 saturated carbocycles. The number of hydrogen-bond donors (Lipinski definition) is 1. The van der Waals surface area contributed by atoms with Crippen molar-refractivity contribution in [3.05, 3.63) is 0 Å². The first-order valence-corrected chi connectivity index (χ1v) is 10.1. The van der Waals surface area contributed by atoms with Crippen LogP contribution in [0.5, 0.6) is 0 Å². The highest BCUT2D eigenvalue weighted by Crippen LogP contribution is 2.25. The molecule has 14 heavy (non-hydrogen) atoms. The van der Waals surface area contributed by atoms with Crippen LogP contribution in [-0.4, -0.2) is 25.0 Å². The maximum Gasteiger partial charge on any atom is 0.224 e. The zero-order valence-electron chi connectivity index (χ0n) is 9.88. The lowest BCUT2D eigenvalue weighted by Crippen LogP contribution is -2.39. The fourth-order valence-corrected chi connectivity index (χ4v) is 4.46. The maximum atomic E-state index is 5.77. The van der Waals surface area contributed by atoms with E-state index >= 15 is 0 Å². The van der Waals surface area contributed by atoms with Gasteiger partial charge in [0.25, 0.3) is 0 Å². The Morgan fingerprint density at radius 1 is 1.29 bits per heavy atom. The summed E-state index contributed by atoms with van der Waals surface area (Å²) in [6.45, 7) is 6.84. The zero-order chi connectivity index (χ0) is 10.4. The van der Waals surface area contributed by atoms with Crippen LogP contribution in [0.15, 0.2) is 0 Å². The normalized spacial score (nSPS) is 22.3. The van der Waals surface area contributed by atoms with E-state index in [9.17, 15) is 0 Å². The van der Waals surface area contributed by atoms with Crippen LogP contribution < -0.4 is 4.98 Å². The Balaban J connectivity index is 2.10. The van der Waals surface area contributed by atoms with Crippen LogP contribution in [-0.2, 0) is 4.12 Å². The molecule has 0 aromatic carbocycles. The minimum atomic E-state index is -0.773. The summed E-state index contributed by atoms with van der Waals surface area (Å²) >= 11 is 0. The van der Waals surface area contributed by atoms with Crippen molar-refractivity contribution in [1.29, 1.82) is 0 Å². The summed E-state index contributed by atoms with van der Waals surface area (Å²) in [6, 6.07) is 0.703. The maximum absolute atomic E-state index is 5.77. The van der Waals surface area contributed by atoms with Crippen molar-refractivity contribution in [2.24, 2.45) is 5.92 Å². The van der Waals surface area contributed by atoms with E-state index in [1.807, 2.05) is 0 Å². The highest BCUT2D eigenvalue weighted by atomic mass is 28.3. The predicted octanol–water partition coefficient (Wildman–Crippen LogP) is 1.54. The van der Waals surface area contributed by atoms with Crippen molar-refractivity contribution in [3.63, 3.8) is 0 Å². The molecule has 0 aliphatic heterocycles. The number of rotatable bonds is 5. The van der Waals surface area contributed by atoms with Crippen molar-refractivity contribution in [2.75, 3.05) is 0 Å². The van der Waals surface area contributed by atoms with Gasteiger partial charge in [-0.1, -0.05) is 26.2 Å². The van der Waals surface area contributed by atoms with Gasteiger partial charge in [-0.15, -0.1) is 0 Å². The highest BCUT2D eigenvalue weighted by Gasteiger charge is 2.19. The molecule has 0 heterocycles. The van der Waals surface area contributed by atoms with Crippen molar-refractivity contribution < 1.29 is 4.12 Å². The zero-order valence-corrected chi connectivity index (χ0v) is 12.5. The van der Waals surface area contributed by atoms with E-state index in [-0.39, 0.29) is 0 Å². The smallest absolute Gasteiger partial charge is 0.224 e. The molecule has 1 aliphatic carbocycles. The average Bonchev–Trinajstić information content (AvgIpc) is 2.18. The van der Waals surface area contributed by atoms with Crippen LogP contribution >= 0.6 is 0 Å². The van der Waals surface area contributed by atoms with Gasteiger partial charge in [0, 0.05) is 6.04 Å². The lowest BCUT2D eigenvalue weighted by Gasteiger charge is -2.28. The van der Waals surface area contributed by atoms with Crippen LogP contribution in [0.1, 0.15) is 39.0 Å². The molecule has 1 N–H and O–H groups in total. The summed E-state index contributed by atoms with van der Waals surface area (Å²) in [6.07, 6.45) is 7.20. The molecule has 0 amide bonds. The van der Waals surface area contributed by atoms with Crippen molar-refractivity contribution in [2.45, 2.75) is 58.2 Å². The molecule has 1 unspecified atom stereocenters. The monoisotopic (exact) mass is 231 g/mol. The summed E-state index contributed by atoms with van der Waals surface area (Å²) in [7, 11) is -1.19. The Labute approximate surface area is 92.6 Å². The SMILES string of the molecule is CC(N[SiH2]O[SiH](C)C)C1CCCCC1. The quantitative estimate of drug-likeness (QED) is 0.725. The van der Waals surface area contributed by atoms with Crippen molar-refractivity contribution in [1.82, 2.24) is 4.98 Å². The van der Waals surface area contributed by atoms with Gasteiger partial charge in [-0.05, 0) is 31.9 Å². The van der Waals surface area contributed by atoms with Gasteiger partial charge in [-0.25, -0.2) is 0 Å². The van der Waals surface area contributed by atoms with Gasteiger partial charge in [0.1, 0.15) is 0 Å². The summed E-state index contributed by atoms with van der Waals surface area (Å²) in [5.41, 5.74) is 0. The van der Waals surface area contributed by atoms with Crippen molar-refractivity contribution in [3.8, 4) is 0 Å². The van der Waals surface area contributed by atoms with Crippen LogP contribution in [0.25, 0.3) is 0 Å². The lowest BCUT2D eigenvalue weighted by atomic mass is 9.85. The molecule has 0 saturated heterocycles. The van der Waals surface area contributed by atoms with E-state index in [0.717, 1.165) is 5.92 Å². The van der Waals surface area contributed by atoms with Gasteiger partial charge < -0.3 is 9.10 Å². The molecule has 1 fully saturated rings. The third kappa shape index (κ3) is 4.73. The molecule has 0 radical (unpaired) electrons. The largest absolute Gasteiger partial charge is 0.452 e. The van der Waals surface area contributed by atoms with Gasteiger partial charge >= 0.3 is 0 Å². The summed E-state index contributed by atoms with van der Waals surface area (Å²) < 4.78 is 5.77. The molecule has 0 spiro atoms. The summed E-state index contributed by atoms with van der Waals surface area (Å²) in [5.74, 6) is 0.925. The second kappa shape index (κ2) is 6.77. The van der Waals surface area contributed by atoms with E-state index in [2.05, 4.69) is 25.0 Å². The molecule has 4 heteroatoms. The summed E-state index contributed by atoms with van der Waals surface area (Å²) in [4.78, 5) is 3.64. The first-order valence-electron chi connectivity index (χ1n) is 6.05. The molecule has 1 aliphatic rings. The Kier molecular flexibility index (Phi) is 6.01. The van der Waals surface area contributed by atoms with E-state index in [1.165, 1.54) is 32.1 Å². The van der Waals surface area contributed by atoms with Crippen LogP contribution in [0.4, 0.5) is 0 Å². The molecule has 2 nitrogen and oxygen atoms in total. The second-order valence-corrected chi connectivity index (χ2v) is 8.88. The second-order valence-electron chi connectivity index (χ2n) is 4.75. The molecule has 1 rings (SSSR count). The number of hydrogen-bond acceptors (Lipinski definition) is 2. The van der Waals surface area contributed by atoms with E-state index in [4.69, 9.17) is 4.12 Å². The van der Waals surface area contributed by atoms with Crippen LogP contribution in [0.3, 0.4) is 0 Å². The van der Waals surface area contributed by atoms with Gasteiger partial charge in [0.2, 0.25) is 9.92 Å². The molecule has 0 aromatic rings. The van der Waals surface area contributed by atoms with Crippen LogP contribution in [0.2, 0.25) is 13.1 Å². The molecular formula is C10H25NOSi2. The van der Waals surface area contributed by atoms with Crippen LogP contribution in [0, 0.1) is 5.92 Å². The lowest BCUT2D eigenvalue weighted by molar-refractivity contribution is 0.300. The molecular weight excluding hydrogens is 206 g/mol. The fraction of sp³-hybridized carbons (Fsp3) is 1.00. The fourth-order valence-electron chi connectivity index (χ4n) is 2.15. The van der Waals surface area contributed by atoms with Gasteiger partial charge in [-0.2, -0.15) is 0 Å².